The maximum atomic E-state index is 15.0. The van der Waals surface area contributed by atoms with Crippen LogP contribution in [0.25, 0.3) is 22.4 Å². The van der Waals surface area contributed by atoms with Gasteiger partial charge in [0.05, 0.1) is 0 Å². The molecule has 0 aliphatic heterocycles. The van der Waals surface area contributed by atoms with E-state index in [-0.39, 0.29) is 10.9 Å². The van der Waals surface area contributed by atoms with E-state index in [1.165, 1.54) is 24.3 Å². The van der Waals surface area contributed by atoms with Gasteiger partial charge in [-0.15, -0.1) is 0 Å². The highest BCUT2D eigenvalue weighted by atomic mass is 19.2. The fourth-order valence-corrected chi connectivity index (χ4v) is 3.25. The third-order valence-electron chi connectivity index (χ3n) is 4.98. The van der Waals surface area contributed by atoms with Gasteiger partial charge in [0.15, 0.2) is 11.7 Å². The molecule has 31 heavy (non-hydrogen) atoms. The Morgan fingerprint density at radius 2 is 1.61 bits per heavy atom. The minimum Gasteiger partial charge on any atom is -0.490 e. The average Bonchev–Trinajstić information content (AvgIpc) is 2.79. The monoisotopic (exact) mass is 422 g/mol. The highest BCUT2D eigenvalue weighted by molar-refractivity contribution is 5.91. The van der Waals surface area contributed by atoms with Crippen molar-refractivity contribution in [3.63, 3.8) is 0 Å². The van der Waals surface area contributed by atoms with Crippen LogP contribution in [0.1, 0.15) is 37.0 Å². The molecule has 0 saturated carbocycles. The van der Waals surface area contributed by atoms with Gasteiger partial charge in [-0.1, -0.05) is 54.6 Å². The number of allylic oxidation sites excluding steroid dienone is 3. The molecule has 160 valence electrons. The molecule has 0 aromatic heterocycles. The number of hydrogen-bond acceptors (Lipinski definition) is 1. The van der Waals surface area contributed by atoms with Gasteiger partial charge in [-0.2, -0.15) is 0 Å². The maximum absolute atomic E-state index is 15.0. The van der Waals surface area contributed by atoms with Crippen LogP contribution in [-0.4, -0.2) is 6.61 Å². The zero-order valence-electron chi connectivity index (χ0n) is 17.7. The van der Waals surface area contributed by atoms with Crippen molar-refractivity contribution in [2.45, 2.75) is 26.7 Å². The lowest BCUT2D eigenvalue weighted by Gasteiger charge is -2.09. The molecule has 4 heteroatoms. The second kappa shape index (κ2) is 10.7. The Morgan fingerprint density at radius 1 is 0.871 bits per heavy atom. The molecule has 0 aliphatic rings. The van der Waals surface area contributed by atoms with Crippen LogP contribution in [0.3, 0.4) is 0 Å². The van der Waals surface area contributed by atoms with Crippen molar-refractivity contribution in [1.29, 1.82) is 0 Å². The fraction of sp³-hybridized carbons (Fsp3) is 0.185. The summed E-state index contributed by atoms with van der Waals surface area (Å²) in [4.78, 5) is 0. The van der Waals surface area contributed by atoms with E-state index in [1.54, 1.807) is 30.3 Å². The predicted octanol–water partition coefficient (Wildman–Crippen LogP) is 8.21. The molecule has 0 atom stereocenters. The number of fused-ring (bicyclic) bond motifs is 1. The Kier molecular flexibility index (Phi) is 7.71. The molecule has 0 N–H and O–H groups in total. The molecular weight excluding hydrogens is 397 g/mol. The van der Waals surface area contributed by atoms with Crippen LogP contribution in [0, 0.1) is 5.82 Å². The minimum atomic E-state index is -1.21. The molecule has 0 unspecified atom stereocenters. The summed E-state index contributed by atoms with van der Waals surface area (Å²) >= 11 is 0. The van der Waals surface area contributed by atoms with E-state index in [0.29, 0.717) is 17.7 Å². The highest BCUT2D eigenvalue weighted by Gasteiger charge is 2.17. The number of aryl methyl sites for hydroxylation is 1. The van der Waals surface area contributed by atoms with Crippen LogP contribution in [-0.2, 0) is 6.42 Å². The number of benzene rings is 3. The molecular formula is C27H25F3O. The molecule has 0 heterocycles. The average molecular weight is 422 g/mol. The van der Waals surface area contributed by atoms with Crippen LogP contribution < -0.4 is 4.74 Å². The highest BCUT2D eigenvalue weighted by Crippen LogP contribution is 2.34. The first-order valence-corrected chi connectivity index (χ1v) is 10.3. The first-order chi connectivity index (χ1) is 15.0. The van der Waals surface area contributed by atoms with E-state index in [9.17, 15) is 13.2 Å². The quantitative estimate of drug-likeness (QED) is 0.262. The Bertz CT molecular complexity index is 1130. The molecule has 3 aromatic carbocycles. The summed E-state index contributed by atoms with van der Waals surface area (Å²) in [5.74, 6) is -2.51. The van der Waals surface area contributed by atoms with Crippen molar-refractivity contribution in [2.24, 2.45) is 0 Å². The zero-order valence-corrected chi connectivity index (χ0v) is 17.7. The van der Waals surface area contributed by atoms with Crippen molar-refractivity contribution in [3.05, 3.63) is 101 Å². The van der Waals surface area contributed by atoms with Crippen molar-refractivity contribution in [3.8, 4) is 5.75 Å². The topological polar surface area (TPSA) is 9.23 Å². The van der Waals surface area contributed by atoms with Crippen molar-refractivity contribution in [1.82, 2.24) is 0 Å². The van der Waals surface area contributed by atoms with Crippen molar-refractivity contribution < 1.29 is 17.9 Å². The largest absolute Gasteiger partial charge is 0.490 e. The molecule has 0 saturated heterocycles. The predicted molar refractivity (Wildman–Crippen MR) is 123 cm³/mol. The van der Waals surface area contributed by atoms with E-state index >= 15 is 0 Å². The molecule has 0 bridgehead atoms. The summed E-state index contributed by atoms with van der Waals surface area (Å²) in [5.41, 5.74) is 0.712. The third kappa shape index (κ3) is 5.46. The van der Waals surface area contributed by atoms with Gasteiger partial charge in [0.1, 0.15) is 18.2 Å². The second-order valence-corrected chi connectivity index (χ2v) is 7.12. The molecule has 0 radical (unpaired) electrons. The summed E-state index contributed by atoms with van der Waals surface area (Å²) in [7, 11) is 0. The SMILES string of the molecule is CC=CCOc1ccc2c(F)c(C(F)=C(F)c3ccc(CC/C=C/C)cc3)ccc2c1. The van der Waals surface area contributed by atoms with Gasteiger partial charge < -0.3 is 4.74 Å². The van der Waals surface area contributed by atoms with Gasteiger partial charge in [0.2, 0.25) is 0 Å². The lowest BCUT2D eigenvalue weighted by atomic mass is 10.0. The van der Waals surface area contributed by atoms with Crippen LogP contribution >= 0.6 is 0 Å². The second-order valence-electron chi connectivity index (χ2n) is 7.12. The molecule has 0 amide bonds. The van der Waals surface area contributed by atoms with Crippen LogP contribution in [0.15, 0.2) is 78.9 Å². The standard InChI is InChI=1S/C27H25F3O/c1-3-5-7-8-19-9-11-20(12-10-19)25(28)27(30)24-15-13-21-18-22(31-17-6-4-2)14-16-23(21)26(24)29/h3-6,9-16,18H,7-8,17H2,1-2H3/b5-3+,6-4?,27-25?. The molecule has 0 fully saturated rings. The van der Waals surface area contributed by atoms with Crippen LogP contribution in [0.4, 0.5) is 13.2 Å². The summed E-state index contributed by atoms with van der Waals surface area (Å²) in [6.07, 6.45) is 9.44. The van der Waals surface area contributed by atoms with Crippen molar-refractivity contribution in [2.75, 3.05) is 6.61 Å². The first-order valence-electron chi connectivity index (χ1n) is 10.3. The molecule has 3 rings (SSSR count). The summed E-state index contributed by atoms with van der Waals surface area (Å²) in [5, 5.41) is 0.760. The van der Waals surface area contributed by atoms with Gasteiger partial charge in [-0.05, 0) is 61.9 Å². The van der Waals surface area contributed by atoms with E-state index < -0.39 is 23.0 Å². The van der Waals surface area contributed by atoms with Gasteiger partial charge in [-0.3, -0.25) is 0 Å². The number of rotatable bonds is 8. The smallest absolute Gasteiger partial charge is 0.169 e. The zero-order chi connectivity index (χ0) is 22.2. The lowest BCUT2D eigenvalue weighted by molar-refractivity contribution is 0.363. The molecule has 3 aromatic rings. The maximum Gasteiger partial charge on any atom is 0.169 e. The van der Waals surface area contributed by atoms with Gasteiger partial charge in [-0.25, -0.2) is 13.2 Å². The molecule has 0 spiro atoms. The number of ether oxygens (including phenoxy) is 1. The Balaban J connectivity index is 1.87. The summed E-state index contributed by atoms with van der Waals surface area (Å²) < 4.78 is 50.2. The Labute approximate surface area is 181 Å². The van der Waals surface area contributed by atoms with E-state index in [2.05, 4.69) is 0 Å². The van der Waals surface area contributed by atoms with Crippen molar-refractivity contribution >= 4 is 22.4 Å². The third-order valence-corrected chi connectivity index (χ3v) is 4.98. The normalized spacial score (nSPS) is 12.7. The Hall–Kier alpha value is -3.27. The molecule has 1 nitrogen and oxygen atoms in total. The first kappa shape index (κ1) is 22.4. The summed E-state index contributed by atoms with van der Waals surface area (Å²) in [6.45, 7) is 4.25. The fourth-order valence-electron chi connectivity index (χ4n) is 3.25. The molecule has 0 aliphatic carbocycles. The van der Waals surface area contributed by atoms with Crippen LogP contribution in [0.2, 0.25) is 0 Å². The van der Waals surface area contributed by atoms with E-state index in [0.717, 1.165) is 18.4 Å². The summed E-state index contributed by atoms with van der Waals surface area (Å²) in [6, 6.07) is 14.2. The Morgan fingerprint density at radius 3 is 2.32 bits per heavy atom. The lowest BCUT2D eigenvalue weighted by Crippen LogP contribution is -1.95. The van der Waals surface area contributed by atoms with Gasteiger partial charge in [0, 0.05) is 16.5 Å². The number of hydrogen-bond donors (Lipinski definition) is 0. The van der Waals surface area contributed by atoms with Crippen LogP contribution in [0.5, 0.6) is 5.75 Å². The minimum absolute atomic E-state index is 0.0829. The van der Waals surface area contributed by atoms with E-state index in [1.807, 2.05) is 38.2 Å². The van der Waals surface area contributed by atoms with Gasteiger partial charge >= 0.3 is 0 Å². The number of halogens is 3. The van der Waals surface area contributed by atoms with Gasteiger partial charge in [0.25, 0.3) is 0 Å². The van der Waals surface area contributed by atoms with E-state index in [4.69, 9.17) is 4.74 Å².